The van der Waals surface area contributed by atoms with Crippen molar-refractivity contribution in [3.05, 3.63) is 59.4 Å². The van der Waals surface area contributed by atoms with Gasteiger partial charge in [0.05, 0.1) is 12.8 Å². The average Bonchev–Trinajstić information content (AvgIpc) is 2.72. The number of carbonyl (C=O) groups is 2. The number of esters is 1. The lowest BCUT2D eigenvalue weighted by Gasteiger charge is -2.36. The second-order valence-corrected chi connectivity index (χ2v) is 6.60. The molecule has 2 aromatic carbocycles. The number of amides is 1. The van der Waals surface area contributed by atoms with Crippen LogP contribution in [0.3, 0.4) is 0 Å². The molecule has 7 heteroatoms. The molecule has 0 aliphatic carbocycles. The van der Waals surface area contributed by atoms with Gasteiger partial charge < -0.3 is 19.3 Å². The Labute approximate surface area is 163 Å². The van der Waals surface area contributed by atoms with Crippen LogP contribution in [0.4, 0.5) is 10.1 Å². The molecule has 0 radical (unpaired) electrons. The predicted octanol–water partition coefficient (Wildman–Crippen LogP) is 2.65. The van der Waals surface area contributed by atoms with Gasteiger partial charge >= 0.3 is 5.97 Å². The second kappa shape index (κ2) is 8.73. The number of anilines is 1. The molecule has 0 unspecified atom stereocenters. The minimum atomic E-state index is -0.598. The largest absolute Gasteiger partial charge is 0.496 e. The Kier molecular flexibility index (Phi) is 6.13. The minimum Gasteiger partial charge on any atom is -0.496 e. The molecule has 0 N–H and O–H groups in total. The molecule has 3 rings (SSSR count). The summed E-state index contributed by atoms with van der Waals surface area (Å²) in [7, 11) is 1.47. The van der Waals surface area contributed by atoms with Gasteiger partial charge in [-0.1, -0.05) is 23.8 Å². The summed E-state index contributed by atoms with van der Waals surface area (Å²) >= 11 is 0. The quantitative estimate of drug-likeness (QED) is 0.740. The van der Waals surface area contributed by atoms with Gasteiger partial charge in [0, 0.05) is 26.2 Å². The summed E-state index contributed by atoms with van der Waals surface area (Å²) in [5.74, 6) is -0.739. The van der Waals surface area contributed by atoms with Crippen molar-refractivity contribution in [1.29, 1.82) is 0 Å². The zero-order valence-corrected chi connectivity index (χ0v) is 16.0. The van der Waals surface area contributed by atoms with E-state index >= 15 is 0 Å². The molecule has 28 heavy (non-hydrogen) atoms. The fourth-order valence-electron chi connectivity index (χ4n) is 3.18. The number of hydrogen-bond donors (Lipinski definition) is 0. The normalized spacial score (nSPS) is 14.0. The number of halogens is 1. The number of para-hydroxylation sites is 1. The van der Waals surface area contributed by atoms with E-state index < -0.39 is 5.97 Å². The Hall–Kier alpha value is -3.09. The summed E-state index contributed by atoms with van der Waals surface area (Å²) in [4.78, 5) is 28.2. The summed E-state index contributed by atoms with van der Waals surface area (Å²) < 4.78 is 24.3. The van der Waals surface area contributed by atoms with Gasteiger partial charge in [0.1, 0.15) is 17.1 Å². The van der Waals surface area contributed by atoms with E-state index in [0.717, 1.165) is 5.56 Å². The first-order valence-corrected chi connectivity index (χ1v) is 9.08. The van der Waals surface area contributed by atoms with Gasteiger partial charge in [0.2, 0.25) is 0 Å². The van der Waals surface area contributed by atoms with Crippen molar-refractivity contribution in [2.45, 2.75) is 6.92 Å². The monoisotopic (exact) mass is 386 g/mol. The van der Waals surface area contributed by atoms with Gasteiger partial charge in [-0.2, -0.15) is 0 Å². The lowest BCUT2D eigenvalue weighted by atomic mass is 10.1. The van der Waals surface area contributed by atoms with E-state index in [4.69, 9.17) is 9.47 Å². The molecule has 0 bridgehead atoms. The average molecular weight is 386 g/mol. The highest BCUT2D eigenvalue weighted by Gasteiger charge is 2.24. The van der Waals surface area contributed by atoms with Crippen molar-refractivity contribution in [2.24, 2.45) is 0 Å². The Bertz CT molecular complexity index is 863. The molecule has 6 nitrogen and oxygen atoms in total. The molecule has 0 spiro atoms. The standard InChI is InChI=1S/C21H23FN2O4/c1-15-7-8-19(27-2)16(13-15)21(26)28-14-20(25)24-11-9-23(10-12-24)18-6-4-3-5-17(18)22/h3-8,13H,9-12,14H2,1-2H3. The maximum Gasteiger partial charge on any atom is 0.342 e. The van der Waals surface area contributed by atoms with Crippen molar-refractivity contribution in [2.75, 3.05) is 44.8 Å². The van der Waals surface area contributed by atoms with Gasteiger partial charge in [-0.3, -0.25) is 4.79 Å². The van der Waals surface area contributed by atoms with E-state index in [-0.39, 0.29) is 18.3 Å². The topological polar surface area (TPSA) is 59.1 Å². The third-order valence-electron chi connectivity index (χ3n) is 4.73. The smallest absolute Gasteiger partial charge is 0.342 e. The fourth-order valence-corrected chi connectivity index (χ4v) is 3.18. The Balaban J connectivity index is 1.53. The first kappa shape index (κ1) is 19.7. The maximum absolute atomic E-state index is 13.9. The van der Waals surface area contributed by atoms with Crippen molar-refractivity contribution in [3.63, 3.8) is 0 Å². The van der Waals surface area contributed by atoms with E-state index in [0.29, 0.717) is 43.2 Å². The minimum absolute atomic E-state index is 0.270. The van der Waals surface area contributed by atoms with Crippen LogP contribution in [-0.4, -0.2) is 56.7 Å². The van der Waals surface area contributed by atoms with E-state index in [1.165, 1.54) is 13.2 Å². The third kappa shape index (κ3) is 4.42. The first-order chi connectivity index (χ1) is 13.5. The van der Waals surface area contributed by atoms with Crippen molar-refractivity contribution < 1.29 is 23.5 Å². The fraction of sp³-hybridized carbons (Fsp3) is 0.333. The highest BCUT2D eigenvalue weighted by Crippen LogP contribution is 2.21. The van der Waals surface area contributed by atoms with Gasteiger partial charge in [-0.05, 0) is 31.2 Å². The van der Waals surface area contributed by atoms with Crippen LogP contribution in [0.2, 0.25) is 0 Å². The Morgan fingerprint density at radius 3 is 2.46 bits per heavy atom. The molecule has 148 valence electrons. The van der Waals surface area contributed by atoms with Crippen LogP contribution < -0.4 is 9.64 Å². The number of carbonyl (C=O) groups excluding carboxylic acids is 2. The van der Waals surface area contributed by atoms with Gasteiger partial charge in [-0.15, -0.1) is 0 Å². The highest BCUT2D eigenvalue weighted by atomic mass is 19.1. The first-order valence-electron chi connectivity index (χ1n) is 9.08. The van der Waals surface area contributed by atoms with Crippen LogP contribution in [0.5, 0.6) is 5.75 Å². The van der Waals surface area contributed by atoms with Crippen LogP contribution >= 0.6 is 0 Å². The number of nitrogens with zero attached hydrogens (tertiary/aromatic N) is 2. The summed E-state index contributed by atoms with van der Waals surface area (Å²) in [5, 5.41) is 0. The van der Waals surface area contributed by atoms with Crippen LogP contribution in [0.15, 0.2) is 42.5 Å². The summed E-state index contributed by atoms with van der Waals surface area (Å²) in [5.41, 5.74) is 1.72. The highest BCUT2D eigenvalue weighted by molar-refractivity contribution is 5.94. The van der Waals surface area contributed by atoms with Crippen molar-refractivity contribution in [1.82, 2.24) is 4.90 Å². The predicted molar refractivity (Wildman–Crippen MR) is 103 cm³/mol. The molecule has 1 fully saturated rings. The van der Waals surface area contributed by atoms with Crippen molar-refractivity contribution >= 4 is 17.6 Å². The maximum atomic E-state index is 13.9. The number of ether oxygens (including phenoxy) is 2. The number of benzene rings is 2. The molecular formula is C21H23FN2O4. The van der Waals surface area contributed by atoms with E-state index in [1.807, 2.05) is 17.9 Å². The van der Waals surface area contributed by atoms with Crippen LogP contribution in [0.25, 0.3) is 0 Å². The molecule has 1 aliphatic heterocycles. The van der Waals surface area contributed by atoms with E-state index in [2.05, 4.69) is 0 Å². The molecular weight excluding hydrogens is 363 g/mol. The molecule has 0 aromatic heterocycles. The molecule has 1 amide bonds. The SMILES string of the molecule is COc1ccc(C)cc1C(=O)OCC(=O)N1CCN(c2ccccc2F)CC1. The van der Waals surface area contributed by atoms with Gasteiger partial charge in [-0.25, -0.2) is 9.18 Å². The number of rotatable bonds is 5. The summed E-state index contributed by atoms with van der Waals surface area (Å²) in [6, 6.07) is 11.8. The van der Waals surface area contributed by atoms with E-state index in [1.54, 1.807) is 35.2 Å². The number of aryl methyl sites for hydroxylation is 1. The van der Waals surface area contributed by atoms with Gasteiger partial charge in [0.15, 0.2) is 6.61 Å². The second-order valence-electron chi connectivity index (χ2n) is 6.60. The van der Waals surface area contributed by atoms with Gasteiger partial charge in [0.25, 0.3) is 5.91 Å². The summed E-state index contributed by atoms with van der Waals surface area (Å²) in [6.45, 7) is 3.45. The van der Waals surface area contributed by atoms with Crippen LogP contribution in [0, 0.1) is 12.7 Å². The zero-order chi connectivity index (χ0) is 20.1. The molecule has 0 saturated carbocycles. The number of hydrogen-bond acceptors (Lipinski definition) is 5. The van der Waals surface area contributed by atoms with E-state index in [9.17, 15) is 14.0 Å². The lowest BCUT2D eigenvalue weighted by molar-refractivity contribution is -0.134. The third-order valence-corrected chi connectivity index (χ3v) is 4.73. The number of piperazine rings is 1. The van der Waals surface area contributed by atoms with Crippen molar-refractivity contribution in [3.8, 4) is 5.75 Å². The Morgan fingerprint density at radius 1 is 1.07 bits per heavy atom. The lowest BCUT2D eigenvalue weighted by Crippen LogP contribution is -2.50. The molecule has 1 saturated heterocycles. The van der Waals surface area contributed by atoms with Crippen LogP contribution in [-0.2, 0) is 9.53 Å². The molecule has 2 aromatic rings. The summed E-state index contributed by atoms with van der Waals surface area (Å²) in [6.07, 6.45) is 0. The zero-order valence-electron chi connectivity index (χ0n) is 16.0. The number of methoxy groups -OCH3 is 1. The Morgan fingerprint density at radius 2 is 1.79 bits per heavy atom. The molecule has 1 heterocycles. The molecule has 1 aliphatic rings. The molecule has 0 atom stereocenters. The van der Waals surface area contributed by atoms with Crippen LogP contribution in [0.1, 0.15) is 15.9 Å².